The molecule has 0 saturated carbocycles. The van der Waals surface area contributed by atoms with E-state index in [1.165, 1.54) is 6.33 Å². The van der Waals surface area contributed by atoms with E-state index in [0.29, 0.717) is 11.2 Å². The molecule has 0 aliphatic heterocycles. The number of carboxylic acid groups (broad SMARTS) is 1. The lowest BCUT2D eigenvalue weighted by molar-refractivity contribution is -0.136. The van der Waals surface area contributed by atoms with Gasteiger partial charge in [-0.3, -0.25) is 4.79 Å². The van der Waals surface area contributed by atoms with Crippen LogP contribution in [0.4, 0.5) is 0 Å². The Bertz CT molecular complexity index is 494. The number of nitrogens with zero attached hydrogens (tertiary/aromatic N) is 3. The molecule has 14 heavy (non-hydrogen) atoms. The maximum Gasteiger partial charge on any atom is 0.307 e. The average molecular weight is 256 g/mol. The van der Waals surface area contributed by atoms with Crippen LogP contribution in [0.2, 0.25) is 0 Å². The van der Waals surface area contributed by atoms with Gasteiger partial charge in [0, 0.05) is 6.20 Å². The second-order valence-corrected chi connectivity index (χ2v) is 3.65. The van der Waals surface area contributed by atoms with Crippen LogP contribution < -0.4 is 0 Å². The van der Waals surface area contributed by atoms with Crippen molar-refractivity contribution < 1.29 is 9.90 Å². The minimum absolute atomic E-state index is 0.0194. The summed E-state index contributed by atoms with van der Waals surface area (Å²) in [4.78, 5) is 14.5. The third-order valence-corrected chi connectivity index (χ3v) is 2.33. The first-order valence-electron chi connectivity index (χ1n) is 3.86. The van der Waals surface area contributed by atoms with E-state index in [1.807, 2.05) is 0 Å². The molecular weight excluding hydrogens is 250 g/mol. The lowest BCUT2D eigenvalue weighted by atomic mass is 10.2. The number of fused-ring (bicyclic) bond motifs is 1. The second-order valence-electron chi connectivity index (χ2n) is 2.80. The van der Waals surface area contributed by atoms with Gasteiger partial charge in [0.15, 0.2) is 5.65 Å². The SMILES string of the molecule is O=C(O)Cc1cc(Br)c2ncnn2c1. The van der Waals surface area contributed by atoms with Crippen LogP contribution in [0.15, 0.2) is 23.1 Å². The van der Waals surface area contributed by atoms with Crippen LogP contribution in [0.1, 0.15) is 5.56 Å². The van der Waals surface area contributed by atoms with E-state index < -0.39 is 5.97 Å². The summed E-state index contributed by atoms with van der Waals surface area (Å²) >= 11 is 3.30. The molecule has 0 fully saturated rings. The second kappa shape index (κ2) is 3.38. The highest BCUT2D eigenvalue weighted by atomic mass is 79.9. The van der Waals surface area contributed by atoms with E-state index in [0.717, 1.165) is 4.47 Å². The predicted octanol–water partition coefficient (Wildman–Crippen LogP) is 1.12. The van der Waals surface area contributed by atoms with E-state index in [9.17, 15) is 4.79 Å². The predicted molar refractivity (Wildman–Crippen MR) is 52.0 cm³/mol. The van der Waals surface area contributed by atoms with E-state index in [4.69, 9.17) is 5.11 Å². The summed E-state index contributed by atoms with van der Waals surface area (Å²) in [6.45, 7) is 0. The molecule has 0 aromatic carbocycles. The summed E-state index contributed by atoms with van der Waals surface area (Å²) in [5, 5.41) is 12.6. The highest BCUT2D eigenvalue weighted by Gasteiger charge is 2.06. The molecule has 0 atom stereocenters. The molecule has 2 aromatic rings. The molecule has 0 saturated heterocycles. The Morgan fingerprint density at radius 1 is 1.64 bits per heavy atom. The van der Waals surface area contributed by atoms with E-state index in [2.05, 4.69) is 26.0 Å². The molecule has 2 aromatic heterocycles. The third kappa shape index (κ3) is 1.60. The average Bonchev–Trinajstić information content (AvgIpc) is 2.50. The molecule has 2 heterocycles. The Labute approximate surface area is 87.5 Å². The smallest absolute Gasteiger partial charge is 0.307 e. The third-order valence-electron chi connectivity index (χ3n) is 1.74. The Morgan fingerprint density at radius 3 is 3.14 bits per heavy atom. The van der Waals surface area contributed by atoms with Crippen LogP contribution in [-0.2, 0) is 11.2 Å². The first kappa shape index (κ1) is 9.14. The van der Waals surface area contributed by atoms with E-state index in [1.54, 1.807) is 16.8 Å². The van der Waals surface area contributed by atoms with Crippen LogP contribution in [0, 0.1) is 0 Å². The Hall–Kier alpha value is -1.43. The first-order chi connectivity index (χ1) is 6.66. The van der Waals surface area contributed by atoms with Gasteiger partial charge in [-0.2, -0.15) is 5.10 Å². The minimum atomic E-state index is -0.864. The summed E-state index contributed by atoms with van der Waals surface area (Å²) in [7, 11) is 0. The molecule has 0 bridgehead atoms. The standard InChI is InChI=1S/C8H6BrN3O2/c9-6-1-5(2-7(13)14)3-12-8(6)10-4-11-12/h1,3-4H,2H2,(H,13,14). The van der Waals surface area contributed by atoms with Crippen molar-refractivity contribution in [1.82, 2.24) is 14.6 Å². The van der Waals surface area contributed by atoms with Crippen LogP contribution >= 0.6 is 15.9 Å². The van der Waals surface area contributed by atoms with Gasteiger partial charge >= 0.3 is 5.97 Å². The maximum atomic E-state index is 10.5. The highest BCUT2D eigenvalue weighted by Crippen LogP contribution is 2.17. The molecule has 0 amide bonds. The number of pyridine rings is 1. The normalized spacial score (nSPS) is 10.6. The lowest BCUT2D eigenvalue weighted by Crippen LogP contribution is -2.02. The van der Waals surface area contributed by atoms with Gasteiger partial charge in [0.25, 0.3) is 0 Å². The first-order valence-corrected chi connectivity index (χ1v) is 4.65. The quantitative estimate of drug-likeness (QED) is 0.874. The number of hydrogen-bond acceptors (Lipinski definition) is 3. The molecule has 0 radical (unpaired) electrons. The summed E-state index contributed by atoms with van der Waals surface area (Å²) in [5.41, 5.74) is 1.36. The van der Waals surface area contributed by atoms with Gasteiger partial charge in [-0.15, -0.1) is 0 Å². The fourth-order valence-electron chi connectivity index (χ4n) is 1.21. The molecule has 72 valence electrons. The topological polar surface area (TPSA) is 67.5 Å². The Balaban J connectivity index is 2.53. The lowest BCUT2D eigenvalue weighted by Gasteiger charge is -2.00. The van der Waals surface area contributed by atoms with Crippen LogP contribution in [0.3, 0.4) is 0 Å². The van der Waals surface area contributed by atoms with Crippen molar-refractivity contribution in [2.75, 3.05) is 0 Å². The van der Waals surface area contributed by atoms with Gasteiger partial charge in [0.1, 0.15) is 6.33 Å². The molecular formula is C8H6BrN3O2. The highest BCUT2D eigenvalue weighted by molar-refractivity contribution is 9.10. The number of halogens is 1. The minimum Gasteiger partial charge on any atom is -0.481 e. The Kier molecular flexibility index (Phi) is 2.20. The molecule has 0 aliphatic rings. The van der Waals surface area contributed by atoms with Crippen LogP contribution in [0.25, 0.3) is 5.65 Å². The maximum absolute atomic E-state index is 10.5. The fourth-order valence-corrected chi connectivity index (χ4v) is 1.79. The number of rotatable bonds is 2. The largest absolute Gasteiger partial charge is 0.481 e. The van der Waals surface area contributed by atoms with Gasteiger partial charge < -0.3 is 5.11 Å². The summed E-state index contributed by atoms with van der Waals surface area (Å²) in [6, 6.07) is 1.73. The zero-order valence-corrected chi connectivity index (χ0v) is 8.60. The van der Waals surface area contributed by atoms with Crippen molar-refractivity contribution in [1.29, 1.82) is 0 Å². The molecule has 5 nitrogen and oxygen atoms in total. The van der Waals surface area contributed by atoms with Crippen LogP contribution in [-0.4, -0.2) is 25.7 Å². The van der Waals surface area contributed by atoms with Crippen molar-refractivity contribution >= 4 is 27.5 Å². The fraction of sp³-hybridized carbons (Fsp3) is 0.125. The van der Waals surface area contributed by atoms with Crippen molar-refractivity contribution in [2.45, 2.75) is 6.42 Å². The van der Waals surface area contributed by atoms with E-state index >= 15 is 0 Å². The van der Waals surface area contributed by atoms with Gasteiger partial charge in [0.05, 0.1) is 10.9 Å². The number of hydrogen-bond donors (Lipinski definition) is 1. The zero-order valence-electron chi connectivity index (χ0n) is 7.01. The van der Waals surface area contributed by atoms with Gasteiger partial charge in [0.2, 0.25) is 0 Å². The number of carbonyl (C=O) groups is 1. The summed E-state index contributed by atoms with van der Waals surface area (Å²) in [6.07, 6.45) is 3.06. The molecule has 2 rings (SSSR count). The van der Waals surface area contributed by atoms with Crippen molar-refractivity contribution in [3.8, 4) is 0 Å². The van der Waals surface area contributed by atoms with Crippen LogP contribution in [0.5, 0.6) is 0 Å². The molecule has 0 aliphatic carbocycles. The monoisotopic (exact) mass is 255 g/mol. The van der Waals surface area contributed by atoms with Gasteiger partial charge in [-0.05, 0) is 27.6 Å². The zero-order chi connectivity index (χ0) is 10.1. The number of carboxylic acids is 1. The number of aromatic nitrogens is 3. The summed E-state index contributed by atoms with van der Waals surface area (Å²) in [5.74, 6) is -0.864. The van der Waals surface area contributed by atoms with Crippen molar-refractivity contribution in [3.05, 3.63) is 28.6 Å². The van der Waals surface area contributed by atoms with Gasteiger partial charge in [-0.1, -0.05) is 0 Å². The van der Waals surface area contributed by atoms with Crippen molar-refractivity contribution in [2.24, 2.45) is 0 Å². The molecule has 1 N–H and O–H groups in total. The van der Waals surface area contributed by atoms with Gasteiger partial charge in [-0.25, -0.2) is 9.50 Å². The summed E-state index contributed by atoms with van der Waals surface area (Å²) < 4.78 is 2.29. The van der Waals surface area contributed by atoms with E-state index in [-0.39, 0.29) is 6.42 Å². The molecule has 0 spiro atoms. The molecule has 6 heteroatoms. The number of aliphatic carboxylic acids is 1. The molecule has 0 unspecified atom stereocenters. The Morgan fingerprint density at radius 2 is 2.43 bits per heavy atom. The van der Waals surface area contributed by atoms with Crippen molar-refractivity contribution in [3.63, 3.8) is 0 Å².